The lowest BCUT2D eigenvalue weighted by Crippen LogP contribution is -2.42. The highest BCUT2D eigenvalue weighted by molar-refractivity contribution is 5.79. The van der Waals surface area contributed by atoms with Crippen LogP contribution in [0.15, 0.2) is 29.3 Å². The topological polar surface area (TPSA) is 39.7 Å². The van der Waals surface area contributed by atoms with Crippen LogP contribution < -0.4 is 10.6 Å². The van der Waals surface area contributed by atoms with Crippen molar-refractivity contribution in [2.24, 2.45) is 4.99 Å². The van der Waals surface area contributed by atoms with Crippen molar-refractivity contribution >= 4 is 5.96 Å². The lowest BCUT2D eigenvalue weighted by atomic mass is 10.1. The second kappa shape index (κ2) is 9.52. The standard InChI is InChI=1S/C17H27F3N4/c1-5-24(13(2)3)10-9-22-16(21-4)23-12-14-7-6-8-15(11-14)17(18,19)20/h6-8,11,13H,5,9-10,12H2,1-4H3,(H2,21,22,23). The van der Waals surface area contributed by atoms with Gasteiger partial charge in [0.25, 0.3) is 0 Å². The van der Waals surface area contributed by atoms with Gasteiger partial charge in [0, 0.05) is 32.7 Å². The van der Waals surface area contributed by atoms with Gasteiger partial charge in [-0.05, 0) is 38.1 Å². The summed E-state index contributed by atoms with van der Waals surface area (Å²) in [5.41, 5.74) is -0.0783. The molecule has 4 nitrogen and oxygen atoms in total. The van der Waals surface area contributed by atoms with Gasteiger partial charge in [0.05, 0.1) is 5.56 Å². The predicted molar refractivity (Wildman–Crippen MR) is 92.0 cm³/mol. The van der Waals surface area contributed by atoms with Crippen molar-refractivity contribution in [1.82, 2.24) is 15.5 Å². The molecule has 0 aliphatic rings. The fraction of sp³-hybridized carbons (Fsp3) is 0.588. The van der Waals surface area contributed by atoms with Crippen LogP contribution in [0.1, 0.15) is 31.9 Å². The monoisotopic (exact) mass is 344 g/mol. The number of halogens is 3. The summed E-state index contributed by atoms with van der Waals surface area (Å²) < 4.78 is 38.1. The lowest BCUT2D eigenvalue weighted by Gasteiger charge is -2.25. The highest BCUT2D eigenvalue weighted by atomic mass is 19.4. The first kappa shape index (κ1) is 20.3. The van der Waals surface area contributed by atoms with Crippen LogP contribution in [0.4, 0.5) is 13.2 Å². The van der Waals surface area contributed by atoms with Crippen LogP contribution >= 0.6 is 0 Å². The Labute approximate surface area is 142 Å². The largest absolute Gasteiger partial charge is 0.416 e. The first-order valence-corrected chi connectivity index (χ1v) is 8.12. The third-order valence-electron chi connectivity index (χ3n) is 3.77. The number of nitrogens with zero attached hydrogens (tertiary/aromatic N) is 2. The summed E-state index contributed by atoms with van der Waals surface area (Å²) in [6, 6.07) is 5.77. The van der Waals surface area contributed by atoms with Crippen molar-refractivity contribution in [2.45, 2.75) is 39.5 Å². The highest BCUT2D eigenvalue weighted by Crippen LogP contribution is 2.29. The van der Waals surface area contributed by atoms with Crippen LogP contribution in [0.2, 0.25) is 0 Å². The van der Waals surface area contributed by atoms with Gasteiger partial charge in [0.2, 0.25) is 0 Å². The molecule has 2 N–H and O–H groups in total. The average Bonchev–Trinajstić information content (AvgIpc) is 2.53. The van der Waals surface area contributed by atoms with Gasteiger partial charge in [-0.25, -0.2) is 0 Å². The maximum absolute atomic E-state index is 12.7. The van der Waals surface area contributed by atoms with E-state index < -0.39 is 11.7 Å². The number of alkyl halides is 3. The van der Waals surface area contributed by atoms with Crippen LogP contribution in [-0.2, 0) is 12.7 Å². The van der Waals surface area contributed by atoms with Crippen molar-refractivity contribution < 1.29 is 13.2 Å². The van der Waals surface area contributed by atoms with Crippen molar-refractivity contribution in [1.29, 1.82) is 0 Å². The molecule has 0 saturated carbocycles. The van der Waals surface area contributed by atoms with Gasteiger partial charge >= 0.3 is 6.18 Å². The fourth-order valence-electron chi connectivity index (χ4n) is 2.36. The van der Waals surface area contributed by atoms with Gasteiger partial charge in [-0.15, -0.1) is 0 Å². The van der Waals surface area contributed by atoms with E-state index in [1.165, 1.54) is 6.07 Å². The van der Waals surface area contributed by atoms with Crippen molar-refractivity contribution in [2.75, 3.05) is 26.7 Å². The molecule has 0 atom stereocenters. The Morgan fingerprint density at radius 1 is 1.25 bits per heavy atom. The van der Waals surface area contributed by atoms with Crippen LogP contribution in [0.25, 0.3) is 0 Å². The normalized spacial score (nSPS) is 12.8. The van der Waals surface area contributed by atoms with Crippen molar-refractivity contribution in [3.05, 3.63) is 35.4 Å². The number of benzene rings is 1. The van der Waals surface area contributed by atoms with Crippen molar-refractivity contribution in [3.8, 4) is 0 Å². The molecule has 0 amide bonds. The zero-order valence-electron chi connectivity index (χ0n) is 14.7. The highest BCUT2D eigenvalue weighted by Gasteiger charge is 2.30. The van der Waals surface area contributed by atoms with E-state index in [2.05, 4.69) is 41.3 Å². The van der Waals surface area contributed by atoms with E-state index in [1.807, 2.05) is 0 Å². The quantitative estimate of drug-likeness (QED) is 0.590. The van der Waals surface area contributed by atoms with Gasteiger partial charge in [-0.3, -0.25) is 9.89 Å². The zero-order chi connectivity index (χ0) is 18.2. The molecule has 0 aliphatic heterocycles. The third-order valence-corrected chi connectivity index (χ3v) is 3.77. The molecular weight excluding hydrogens is 317 g/mol. The fourth-order valence-corrected chi connectivity index (χ4v) is 2.36. The number of hydrogen-bond donors (Lipinski definition) is 2. The van der Waals surface area contributed by atoms with E-state index in [1.54, 1.807) is 13.1 Å². The molecule has 1 aromatic carbocycles. The summed E-state index contributed by atoms with van der Waals surface area (Å²) in [7, 11) is 1.64. The van der Waals surface area contributed by atoms with E-state index in [9.17, 15) is 13.2 Å². The van der Waals surface area contributed by atoms with Gasteiger partial charge in [0.15, 0.2) is 5.96 Å². The molecule has 0 fully saturated rings. The number of rotatable bonds is 7. The number of nitrogens with one attached hydrogen (secondary N) is 2. The van der Waals surface area contributed by atoms with Crippen LogP contribution in [0.5, 0.6) is 0 Å². The first-order valence-electron chi connectivity index (χ1n) is 8.12. The van der Waals surface area contributed by atoms with Gasteiger partial charge in [-0.1, -0.05) is 19.1 Å². The van der Waals surface area contributed by atoms with Crippen LogP contribution in [0, 0.1) is 0 Å². The third kappa shape index (κ3) is 6.78. The molecule has 0 aromatic heterocycles. The van der Waals surface area contributed by atoms with Crippen LogP contribution in [-0.4, -0.2) is 43.6 Å². The minimum atomic E-state index is -4.32. The second-order valence-corrected chi connectivity index (χ2v) is 5.77. The molecule has 136 valence electrons. The molecule has 0 bridgehead atoms. The smallest absolute Gasteiger partial charge is 0.355 e. The van der Waals surface area contributed by atoms with Crippen molar-refractivity contribution in [3.63, 3.8) is 0 Å². The number of aliphatic imine (C=N–C) groups is 1. The second-order valence-electron chi connectivity index (χ2n) is 5.77. The molecule has 0 radical (unpaired) electrons. The maximum Gasteiger partial charge on any atom is 0.416 e. The zero-order valence-corrected chi connectivity index (χ0v) is 14.7. The minimum absolute atomic E-state index is 0.283. The summed E-state index contributed by atoms with van der Waals surface area (Å²) >= 11 is 0. The summed E-state index contributed by atoms with van der Waals surface area (Å²) in [6.07, 6.45) is -4.32. The molecule has 7 heteroatoms. The predicted octanol–water partition coefficient (Wildman–Crippen LogP) is 3.10. The summed E-state index contributed by atoms with van der Waals surface area (Å²) in [4.78, 5) is 6.41. The molecule has 0 saturated heterocycles. The molecular formula is C17H27F3N4. The Morgan fingerprint density at radius 3 is 2.50 bits per heavy atom. The molecule has 0 spiro atoms. The van der Waals surface area contributed by atoms with E-state index in [-0.39, 0.29) is 6.54 Å². The maximum atomic E-state index is 12.7. The van der Waals surface area contributed by atoms with E-state index >= 15 is 0 Å². The Morgan fingerprint density at radius 2 is 1.96 bits per heavy atom. The number of hydrogen-bond acceptors (Lipinski definition) is 2. The Hall–Kier alpha value is -1.76. The molecule has 0 unspecified atom stereocenters. The summed E-state index contributed by atoms with van der Waals surface area (Å²) in [5, 5.41) is 6.22. The Balaban J connectivity index is 2.50. The number of guanidine groups is 1. The van der Waals surface area contributed by atoms with Crippen LogP contribution in [0.3, 0.4) is 0 Å². The molecule has 0 heterocycles. The first-order chi connectivity index (χ1) is 11.3. The number of likely N-dealkylation sites (N-methyl/N-ethyl adjacent to an activating group) is 1. The SMILES string of the molecule is CCN(CCNC(=NC)NCc1cccc(C(F)(F)F)c1)C(C)C. The summed E-state index contributed by atoms with van der Waals surface area (Å²) in [6.45, 7) is 9.24. The van der Waals surface area contributed by atoms with Gasteiger partial charge < -0.3 is 10.6 Å². The lowest BCUT2D eigenvalue weighted by molar-refractivity contribution is -0.137. The van der Waals surface area contributed by atoms with Gasteiger partial charge in [-0.2, -0.15) is 13.2 Å². The average molecular weight is 344 g/mol. The minimum Gasteiger partial charge on any atom is -0.355 e. The van der Waals surface area contributed by atoms with E-state index in [0.29, 0.717) is 24.1 Å². The van der Waals surface area contributed by atoms with Gasteiger partial charge in [0.1, 0.15) is 0 Å². The molecule has 0 aliphatic carbocycles. The van der Waals surface area contributed by atoms with E-state index in [0.717, 1.165) is 25.2 Å². The molecule has 24 heavy (non-hydrogen) atoms. The molecule has 1 aromatic rings. The Kier molecular flexibility index (Phi) is 8.04. The Bertz CT molecular complexity index is 527. The summed E-state index contributed by atoms with van der Waals surface area (Å²) in [5.74, 6) is 0.576. The van der Waals surface area contributed by atoms with E-state index in [4.69, 9.17) is 0 Å². The molecule has 1 rings (SSSR count).